The molecule has 1 saturated heterocycles. The molecule has 1 fully saturated rings. The lowest BCUT2D eigenvalue weighted by Crippen LogP contribution is -2.48. The van der Waals surface area contributed by atoms with Crippen molar-refractivity contribution in [1.29, 1.82) is 0 Å². The maximum atomic E-state index is 5.84. The predicted molar refractivity (Wildman–Crippen MR) is 63.5 cm³/mol. The third kappa shape index (κ3) is 4.78. The fraction of sp³-hybridized carbons (Fsp3) is 1.00. The molecule has 16 heavy (non-hydrogen) atoms. The first kappa shape index (κ1) is 13.9. The molecule has 0 amide bonds. The molecule has 1 unspecified atom stereocenters. The van der Waals surface area contributed by atoms with Crippen LogP contribution in [0.5, 0.6) is 0 Å². The van der Waals surface area contributed by atoms with Crippen molar-refractivity contribution in [1.82, 2.24) is 0 Å². The molecule has 1 heterocycles. The molecular formula is C12H25NO3. The van der Waals surface area contributed by atoms with Crippen LogP contribution in [0.3, 0.4) is 0 Å². The van der Waals surface area contributed by atoms with Gasteiger partial charge in [-0.25, -0.2) is 0 Å². The average Bonchev–Trinajstić information content (AvgIpc) is 2.25. The van der Waals surface area contributed by atoms with E-state index in [-0.39, 0.29) is 11.2 Å². The topological polar surface area (TPSA) is 53.7 Å². The fourth-order valence-corrected chi connectivity index (χ4v) is 1.77. The minimum Gasteiger partial charge on any atom is -0.378 e. The van der Waals surface area contributed by atoms with Gasteiger partial charge < -0.3 is 19.9 Å². The predicted octanol–water partition coefficient (Wildman–Crippen LogP) is 1.33. The number of hydrogen-bond donors (Lipinski definition) is 1. The molecular weight excluding hydrogens is 206 g/mol. The Bertz CT molecular complexity index is 195. The average molecular weight is 231 g/mol. The van der Waals surface area contributed by atoms with Gasteiger partial charge in [-0.05, 0) is 33.6 Å². The number of ether oxygens (including phenoxy) is 3. The molecule has 1 aliphatic rings. The summed E-state index contributed by atoms with van der Waals surface area (Å²) in [5, 5.41) is 0. The Labute approximate surface area is 98.4 Å². The molecule has 2 N–H and O–H groups in total. The third-order valence-corrected chi connectivity index (χ3v) is 2.68. The third-order valence-electron chi connectivity index (χ3n) is 2.68. The molecule has 96 valence electrons. The molecule has 1 rings (SSSR count). The lowest BCUT2D eigenvalue weighted by atomic mass is 9.97. The van der Waals surface area contributed by atoms with Crippen LogP contribution >= 0.6 is 0 Å². The Morgan fingerprint density at radius 1 is 1.31 bits per heavy atom. The Morgan fingerprint density at radius 3 is 2.56 bits per heavy atom. The largest absolute Gasteiger partial charge is 0.378 e. The number of hydrogen-bond acceptors (Lipinski definition) is 4. The second-order valence-electron chi connectivity index (χ2n) is 5.35. The van der Waals surface area contributed by atoms with Crippen molar-refractivity contribution in [2.24, 2.45) is 5.73 Å². The van der Waals surface area contributed by atoms with Crippen LogP contribution in [0, 0.1) is 0 Å². The minimum absolute atomic E-state index is 0.109. The molecule has 0 saturated carbocycles. The maximum absolute atomic E-state index is 5.84. The normalized spacial score (nSPS) is 27.0. The summed E-state index contributed by atoms with van der Waals surface area (Å²) in [6.07, 6.45) is 2.01. The highest BCUT2D eigenvalue weighted by atomic mass is 16.6. The second-order valence-corrected chi connectivity index (χ2v) is 5.35. The molecule has 4 heteroatoms. The van der Waals surface area contributed by atoms with Crippen LogP contribution < -0.4 is 5.73 Å². The summed E-state index contributed by atoms with van der Waals surface area (Å²) < 4.78 is 16.9. The maximum Gasteiger partial charge on any atom is 0.104 e. The molecule has 4 nitrogen and oxygen atoms in total. The van der Waals surface area contributed by atoms with Crippen molar-refractivity contribution >= 4 is 0 Å². The van der Waals surface area contributed by atoms with Crippen LogP contribution in [-0.4, -0.2) is 44.2 Å². The smallest absolute Gasteiger partial charge is 0.104 e. The highest BCUT2D eigenvalue weighted by Gasteiger charge is 2.32. The molecule has 0 aromatic carbocycles. The Hall–Kier alpha value is -0.160. The monoisotopic (exact) mass is 231 g/mol. The molecule has 1 atom stereocenters. The van der Waals surface area contributed by atoms with E-state index in [9.17, 15) is 0 Å². The Morgan fingerprint density at radius 2 is 2.06 bits per heavy atom. The summed E-state index contributed by atoms with van der Waals surface area (Å²) in [5.41, 5.74) is 5.37. The van der Waals surface area contributed by atoms with Gasteiger partial charge in [-0.15, -0.1) is 0 Å². The standard InChI is InChI=1S/C12H25NO3/c1-11(2,3)15-7-8-16-12(9-13)5-4-6-14-10-12/h4-10,13H2,1-3H3. The zero-order chi connectivity index (χ0) is 12.1. The quantitative estimate of drug-likeness (QED) is 0.725. The van der Waals surface area contributed by atoms with Crippen LogP contribution in [0.1, 0.15) is 33.6 Å². The first-order chi connectivity index (χ1) is 7.47. The van der Waals surface area contributed by atoms with Crippen molar-refractivity contribution in [2.75, 3.05) is 33.0 Å². The van der Waals surface area contributed by atoms with Crippen LogP contribution in [0.25, 0.3) is 0 Å². The van der Waals surface area contributed by atoms with Crippen molar-refractivity contribution in [3.8, 4) is 0 Å². The second kappa shape index (κ2) is 5.96. The fourth-order valence-electron chi connectivity index (χ4n) is 1.77. The first-order valence-electron chi connectivity index (χ1n) is 6.03. The zero-order valence-electron chi connectivity index (χ0n) is 10.8. The van der Waals surface area contributed by atoms with Crippen molar-refractivity contribution in [3.63, 3.8) is 0 Å². The lowest BCUT2D eigenvalue weighted by molar-refractivity contribution is -0.141. The SMILES string of the molecule is CC(C)(C)OCCOC1(CN)CCCOC1. The van der Waals surface area contributed by atoms with Crippen LogP contribution in [0.4, 0.5) is 0 Å². The summed E-state index contributed by atoms with van der Waals surface area (Å²) in [4.78, 5) is 0. The van der Waals surface area contributed by atoms with E-state index in [2.05, 4.69) is 0 Å². The van der Waals surface area contributed by atoms with Gasteiger partial charge in [0.15, 0.2) is 0 Å². The zero-order valence-corrected chi connectivity index (χ0v) is 10.8. The molecule has 0 aromatic heterocycles. The number of rotatable bonds is 5. The highest BCUT2D eigenvalue weighted by Crippen LogP contribution is 2.22. The van der Waals surface area contributed by atoms with Gasteiger partial charge in [-0.3, -0.25) is 0 Å². The van der Waals surface area contributed by atoms with Gasteiger partial charge in [-0.2, -0.15) is 0 Å². The van der Waals surface area contributed by atoms with Crippen molar-refractivity contribution < 1.29 is 14.2 Å². The summed E-state index contributed by atoms with van der Waals surface area (Å²) in [7, 11) is 0. The summed E-state index contributed by atoms with van der Waals surface area (Å²) in [5.74, 6) is 0. The summed E-state index contributed by atoms with van der Waals surface area (Å²) in [6.45, 7) is 9.24. The van der Waals surface area contributed by atoms with Crippen LogP contribution in [-0.2, 0) is 14.2 Å². The lowest BCUT2D eigenvalue weighted by Gasteiger charge is -2.36. The van der Waals surface area contributed by atoms with Crippen molar-refractivity contribution in [2.45, 2.75) is 44.8 Å². The van der Waals surface area contributed by atoms with Gasteiger partial charge in [0.25, 0.3) is 0 Å². The summed E-state index contributed by atoms with van der Waals surface area (Å²) in [6, 6.07) is 0. The highest BCUT2D eigenvalue weighted by molar-refractivity contribution is 4.84. The Balaban J connectivity index is 2.23. The molecule has 0 aliphatic carbocycles. The van der Waals surface area contributed by atoms with Gasteiger partial charge in [0.05, 0.1) is 25.4 Å². The van der Waals surface area contributed by atoms with Crippen LogP contribution in [0.2, 0.25) is 0 Å². The van der Waals surface area contributed by atoms with E-state index in [0.717, 1.165) is 19.4 Å². The van der Waals surface area contributed by atoms with E-state index in [1.807, 2.05) is 20.8 Å². The van der Waals surface area contributed by atoms with Gasteiger partial charge >= 0.3 is 0 Å². The summed E-state index contributed by atoms with van der Waals surface area (Å²) >= 11 is 0. The van der Waals surface area contributed by atoms with Gasteiger partial charge in [0, 0.05) is 13.2 Å². The van der Waals surface area contributed by atoms with E-state index in [0.29, 0.717) is 26.4 Å². The van der Waals surface area contributed by atoms with Gasteiger partial charge in [0.2, 0.25) is 0 Å². The molecule has 0 radical (unpaired) electrons. The number of nitrogens with two attached hydrogens (primary N) is 1. The van der Waals surface area contributed by atoms with E-state index in [1.54, 1.807) is 0 Å². The molecule has 0 aromatic rings. The van der Waals surface area contributed by atoms with Crippen molar-refractivity contribution in [3.05, 3.63) is 0 Å². The van der Waals surface area contributed by atoms with E-state index >= 15 is 0 Å². The van der Waals surface area contributed by atoms with E-state index in [4.69, 9.17) is 19.9 Å². The Kier molecular flexibility index (Phi) is 5.18. The minimum atomic E-state index is -0.278. The van der Waals surface area contributed by atoms with E-state index < -0.39 is 0 Å². The van der Waals surface area contributed by atoms with Gasteiger partial charge in [-0.1, -0.05) is 0 Å². The molecule has 1 aliphatic heterocycles. The molecule has 0 spiro atoms. The van der Waals surface area contributed by atoms with Gasteiger partial charge in [0.1, 0.15) is 5.60 Å². The van der Waals surface area contributed by atoms with E-state index in [1.165, 1.54) is 0 Å². The molecule has 0 bridgehead atoms. The first-order valence-corrected chi connectivity index (χ1v) is 6.03. The van der Waals surface area contributed by atoms with Crippen LogP contribution in [0.15, 0.2) is 0 Å².